The monoisotopic (exact) mass is 402 g/mol. The molecule has 0 saturated heterocycles. The molecule has 0 spiro atoms. The number of pyridine rings is 1. The van der Waals surface area contributed by atoms with E-state index in [0.717, 1.165) is 17.3 Å². The van der Waals surface area contributed by atoms with Gasteiger partial charge in [0, 0.05) is 11.9 Å². The number of nitrogens with one attached hydrogen (secondary N) is 1. The molecule has 8 nitrogen and oxygen atoms in total. The van der Waals surface area contributed by atoms with Gasteiger partial charge in [0.15, 0.2) is 22.3 Å². The van der Waals surface area contributed by atoms with Gasteiger partial charge in [0.05, 0.1) is 24.3 Å². The van der Waals surface area contributed by atoms with Crippen LogP contribution in [0.5, 0.6) is 0 Å². The van der Waals surface area contributed by atoms with E-state index in [4.69, 9.17) is 4.42 Å². The van der Waals surface area contributed by atoms with E-state index in [9.17, 15) is 13.6 Å². The van der Waals surface area contributed by atoms with E-state index < -0.39 is 23.2 Å². The summed E-state index contributed by atoms with van der Waals surface area (Å²) in [6.45, 7) is 1.87. The number of carbonyl (C=O) groups excluding carboxylic acids is 1. The molecule has 0 aromatic carbocycles. The average molecular weight is 402 g/mol. The standard InChI is InChI=1S/C17H12F2N6O2S/c1-8-13(23-17(28-8)16-21-3-4-27-16)12-5-11(24-25(12)2)15(26)22-14-9(18)6-20-7-10(14)19/h3-7H,1-2H3,(H,20,22,26). The SMILES string of the molecule is Cc1sc(-c2ncco2)nc1-c1cc(C(=O)Nc2c(F)cncc2F)nn1C. The Balaban J connectivity index is 1.65. The summed E-state index contributed by atoms with van der Waals surface area (Å²) in [6.07, 6.45) is 4.60. The Kier molecular flexibility index (Phi) is 4.43. The number of thiazole rings is 1. The Labute approximate surface area is 160 Å². The van der Waals surface area contributed by atoms with Crippen LogP contribution in [0.15, 0.2) is 35.3 Å². The molecule has 4 aromatic rings. The van der Waals surface area contributed by atoms with Gasteiger partial charge in [-0.3, -0.25) is 14.5 Å². The quantitative estimate of drug-likeness (QED) is 0.562. The van der Waals surface area contributed by atoms with Crippen molar-refractivity contribution < 1.29 is 18.0 Å². The topological polar surface area (TPSA) is 98.7 Å². The number of hydrogen-bond donors (Lipinski definition) is 1. The first-order valence-electron chi connectivity index (χ1n) is 7.96. The highest BCUT2D eigenvalue weighted by Gasteiger charge is 2.21. The highest BCUT2D eigenvalue weighted by molar-refractivity contribution is 7.15. The minimum atomic E-state index is -0.976. The van der Waals surface area contributed by atoms with Gasteiger partial charge < -0.3 is 9.73 Å². The fourth-order valence-electron chi connectivity index (χ4n) is 2.56. The highest BCUT2D eigenvalue weighted by Crippen LogP contribution is 2.32. The average Bonchev–Trinajstić information content (AvgIpc) is 3.38. The van der Waals surface area contributed by atoms with Crippen molar-refractivity contribution in [3.05, 3.63) is 53.1 Å². The number of carbonyl (C=O) groups is 1. The van der Waals surface area contributed by atoms with Gasteiger partial charge in [0.2, 0.25) is 0 Å². The molecule has 1 N–H and O–H groups in total. The lowest BCUT2D eigenvalue weighted by Crippen LogP contribution is -2.15. The van der Waals surface area contributed by atoms with Gasteiger partial charge in [-0.25, -0.2) is 18.7 Å². The minimum Gasteiger partial charge on any atom is -0.443 e. The molecule has 4 aromatic heterocycles. The summed E-state index contributed by atoms with van der Waals surface area (Å²) in [5.41, 5.74) is 0.572. The zero-order chi connectivity index (χ0) is 19.8. The molecule has 0 bridgehead atoms. The first kappa shape index (κ1) is 17.9. The lowest BCUT2D eigenvalue weighted by atomic mass is 10.2. The normalized spacial score (nSPS) is 11.0. The number of rotatable bonds is 4. The number of aromatic nitrogens is 5. The van der Waals surface area contributed by atoms with Crippen LogP contribution < -0.4 is 5.32 Å². The molecule has 0 unspecified atom stereocenters. The van der Waals surface area contributed by atoms with Crippen molar-refractivity contribution in [2.75, 3.05) is 5.32 Å². The van der Waals surface area contributed by atoms with E-state index in [-0.39, 0.29) is 5.69 Å². The van der Waals surface area contributed by atoms with Crippen LogP contribution in [-0.2, 0) is 7.05 Å². The molecule has 1 amide bonds. The van der Waals surface area contributed by atoms with E-state index in [0.29, 0.717) is 22.3 Å². The lowest BCUT2D eigenvalue weighted by Gasteiger charge is -2.04. The second kappa shape index (κ2) is 6.93. The maximum atomic E-state index is 13.7. The second-order valence-corrected chi connectivity index (χ2v) is 6.93. The maximum absolute atomic E-state index is 13.7. The van der Waals surface area contributed by atoms with Crippen LogP contribution in [0, 0.1) is 18.6 Å². The molecule has 0 radical (unpaired) electrons. The van der Waals surface area contributed by atoms with Gasteiger partial charge >= 0.3 is 0 Å². The van der Waals surface area contributed by atoms with Crippen molar-refractivity contribution in [3.8, 4) is 22.3 Å². The smallest absolute Gasteiger partial charge is 0.276 e. The zero-order valence-electron chi connectivity index (χ0n) is 14.6. The Morgan fingerprint density at radius 2 is 2.04 bits per heavy atom. The molecular formula is C17H12F2N6O2S. The van der Waals surface area contributed by atoms with Crippen molar-refractivity contribution in [3.63, 3.8) is 0 Å². The Morgan fingerprint density at radius 3 is 2.71 bits per heavy atom. The maximum Gasteiger partial charge on any atom is 0.276 e. The first-order valence-corrected chi connectivity index (χ1v) is 8.77. The highest BCUT2D eigenvalue weighted by atomic mass is 32.1. The molecule has 142 valence electrons. The van der Waals surface area contributed by atoms with E-state index in [2.05, 4.69) is 25.4 Å². The molecule has 0 fully saturated rings. The van der Waals surface area contributed by atoms with Crippen LogP contribution in [-0.4, -0.2) is 30.6 Å². The lowest BCUT2D eigenvalue weighted by molar-refractivity contribution is 0.102. The first-order chi connectivity index (χ1) is 13.4. The molecule has 4 heterocycles. The van der Waals surface area contributed by atoms with Gasteiger partial charge in [-0.15, -0.1) is 11.3 Å². The number of anilines is 1. The fraction of sp³-hybridized carbons (Fsp3) is 0.118. The summed E-state index contributed by atoms with van der Waals surface area (Å²) in [6, 6.07) is 1.49. The molecule has 28 heavy (non-hydrogen) atoms. The van der Waals surface area contributed by atoms with E-state index >= 15 is 0 Å². The van der Waals surface area contributed by atoms with Gasteiger partial charge in [0.25, 0.3) is 11.8 Å². The van der Waals surface area contributed by atoms with Gasteiger partial charge in [-0.2, -0.15) is 5.10 Å². The number of oxazole rings is 1. The Bertz CT molecular complexity index is 1150. The summed E-state index contributed by atoms with van der Waals surface area (Å²) in [7, 11) is 1.64. The third-order valence-corrected chi connectivity index (χ3v) is 4.82. The summed E-state index contributed by atoms with van der Waals surface area (Å²) in [4.78, 5) is 25.2. The molecule has 0 saturated carbocycles. The molecule has 0 aliphatic rings. The van der Waals surface area contributed by atoms with Gasteiger partial charge in [-0.05, 0) is 13.0 Å². The minimum absolute atomic E-state index is 0.0156. The third kappa shape index (κ3) is 3.16. The number of amides is 1. The molecular weight excluding hydrogens is 390 g/mol. The predicted molar refractivity (Wildman–Crippen MR) is 96.7 cm³/mol. The van der Waals surface area contributed by atoms with Crippen molar-refractivity contribution in [2.24, 2.45) is 7.05 Å². The molecule has 0 aliphatic heterocycles. The van der Waals surface area contributed by atoms with Gasteiger partial charge in [0.1, 0.15) is 17.6 Å². The molecule has 11 heteroatoms. The molecule has 0 atom stereocenters. The van der Waals surface area contributed by atoms with Crippen LogP contribution in [0.2, 0.25) is 0 Å². The van der Waals surface area contributed by atoms with Crippen LogP contribution in [0.25, 0.3) is 22.3 Å². The number of aryl methyl sites for hydroxylation is 2. The van der Waals surface area contributed by atoms with E-state index in [1.54, 1.807) is 7.05 Å². The van der Waals surface area contributed by atoms with Gasteiger partial charge in [-0.1, -0.05) is 0 Å². The molecule has 0 aliphatic carbocycles. The summed E-state index contributed by atoms with van der Waals surface area (Å²) in [5, 5.41) is 6.90. The largest absolute Gasteiger partial charge is 0.443 e. The number of halogens is 2. The van der Waals surface area contributed by atoms with Crippen molar-refractivity contribution in [2.45, 2.75) is 6.92 Å². The van der Waals surface area contributed by atoms with E-state index in [1.165, 1.54) is 34.5 Å². The number of hydrogen-bond acceptors (Lipinski definition) is 7. The van der Waals surface area contributed by atoms with Crippen molar-refractivity contribution >= 4 is 22.9 Å². The van der Waals surface area contributed by atoms with Crippen LogP contribution in [0.1, 0.15) is 15.4 Å². The third-order valence-electron chi connectivity index (χ3n) is 3.86. The summed E-state index contributed by atoms with van der Waals surface area (Å²) >= 11 is 1.38. The van der Waals surface area contributed by atoms with Crippen molar-refractivity contribution in [1.82, 2.24) is 24.7 Å². The molecule has 4 rings (SSSR count). The Hall–Kier alpha value is -3.47. The van der Waals surface area contributed by atoms with Crippen molar-refractivity contribution in [1.29, 1.82) is 0 Å². The van der Waals surface area contributed by atoms with Crippen LogP contribution >= 0.6 is 11.3 Å². The summed E-state index contributed by atoms with van der Waals surface area (Å²) < 4.78 is 34.1. The zero-order valence-corrected chi connectivity index (χ0v) is 15.4. The second-order valence-electron chi connectivity index (χ2n) is 5.73. The fourth-order valence-corrected chi connectivity index (χ4v) is 3.42. The predicted octanol–water partition coefficient (Wildman–Crippen LogP) is 3.43. The number of nitrogens with zero attached hydrogens (tertiary/aromatic N) is 5. The Morgan fingerprint density at radius 1 is 1.29 bits per heavy atom. The van der Waals surface area contributed by atoms with E-state index in [1.807, 2.05) is 6.92 Å². The summed E-state index contributed by atoms with van der Waals surface area (Å²) in [5.74, 6) is -2.32. The van der Waals surface area contributed by atoms with Crippen LogP contribution in [0.3, 0.4) is 0 Å². The van der Waals surface area contributed by atoms with Crippen LogP contribution in [0.4, 0.5) is 14.5 Å².